The van der Waals surface area contributed by atoms with Crippen molar-refractivity contribution < 1.29 is 5.11 Å². The van der Waals surface area contributed by atoms with Crippen LogP contribution in [0.5, 0.6) is 0 Å². The van der Waals surface area contributed by atoms with Crippen molar-refractivity contribution in [2.24, 2.45) is 5.92 Å². The predicted octanol–water partition coefficient (Wildman–Crippen LogP) is 2.50. The summed E-state index contributed by atoms with van der Waals surface area (Å²) in [6.07, 6.45) is 6.54. The summed E-state index contributed by atoms with van der Waals surface area (Å²) < 4.78 is 0. The molecule has 11 heavy (non-hydrogen) atoms. The van der Waals surface area contributed by atoms with Crippen LogP contribution in [0, 0.1) is 5.92 Å². The average molecular weight is 154 g/mol. The number of hydrogen-bond donors (Lipinski definition) is 1. The third kappa shape index (κ3) is 2.66. The average Bonchev–Trinajstić information content (AvgIpc) is 1.98. The lowest BCUT2D eigenvalue weighted by atomic mass is 9.91. The minimum Gasteiger partial charge on any atom is -0.393 e. The van der Waals surface area contributed by atoms with E-state index < -0.39 is 0 Å². The van der Waals surface area contributed by atoms with Crippen molar-refractivity contribution in [3.63, 3.8) is 0 Å². The molecule has 0 amide bonds. The van der Waals surface area contributed by atoms with Crippen molar-refractivity contribution in [1.82, 2.24) is 0 Å². The van der Waals surface area contributed by atoms with Gasteiger partial charge >= 0.3 is 0 Å². The SMILES string of the molecule is C/C1=C/CCC(C)C(O)CC1. The van der Waals surface area contributed by atoms with Crippen molar-refractivity contribution in [2.75, 3.05) is 0 Å². The highest BCUT2D eigenvalue weighted by Crippen LogP contribution is 2.21. The Kier molecular flexibility index (Phi) is 3.13. The maximum absolute atomic E-state index is 9.57. The van der Waals surface area contributed by atoms with Gasteiger partial charge in [-0.15, -0.1) is 0 Å². The highest BCUT2D eigenvalue weighted by Gasteiger charge is 2.14. The topological polar surface area (TPSA) is 20.2 Å². The van der Waals surface area contributed by atoms with E-state index in [2.05, 4.69) is 19.9 Å². The Morgan fingerprint density at radius 3 is 2.91 bits per heavy atom. The molecule has 2 unspecified atom stereocenters. The molecule has 0 bridgehead atoms. The zero-order valence-electron chi connectivity index (χ0n) is 7.51. The Morgan fingerprint density at radius 1 is 1.45 bits per heavy atom. The maximum Gasteiger partial charge on any atom is 0.0568 e. The van der Waals surface area contributed by atoms with Gasteiger partial charge in [-0.3, -0.25) is 0 Å². The first-order valence-electron chi connectivity index (χ1n) is 4.54. The van der Waals surface area contributed by atoms with Gasteiger partial charge in [0.1, 0.15) is 0 Å². The molecule has 1 rings (SSSR count). The molecule has 0 fully saturated rings. The van der Waals surface area contributed by atoms with E-state index in [1.165, 1.54) is 5.57 Å². The summed E-state index contributed by atoms with van der Waals surface area (Å²) in [6.45, 7) is 4.29. The molecule has 0 aromatic rings. The second kappa shape index (κ2) is 3.91. The summed E-state index contributed by atoms with van der Waals surface area (Å²) in [4.78, 5) is 0. The standard InChI is InChI=1S/C10H18O/c1-8-4-3-5-9(2)10(11)7-6-8/h4,9-11H,3,5-7H2,1-2H3/b8-4-. The van der Waals surface area contributed by atoms with Crippen LogP contribution in [0.1, 0.15) is 39.5 Å². The van der Waals surface area contributed by atoms with Gasteiger partial charge in [0.05, 0.1) is 6.10 Å². The molecule has 2 atom stereocenters. The lowest BCUT2D eigenvalue weighted by Gasteiger charge is -2.20. The monoisotopic (exact) mass is 154 g/mol. The minimum absolute atomic E-state index is 0.0707. The van der Waals surface area contributed by atoms with Crippen LogP contribution in [0.15, 0.2) is 11.6 Å². The molecule has 0 aromatic heterocycles. The van der Waals surface area contributed by atoms with E-state index in [9.17, 15) is 5.11 Å². The number of hydrogen-bond acceptors (Lipinski definition) is 1. The van der Waals surface area contributed by atoms with Crippen LogP contribution in [-0.2, 0) is 0 Å². The minimum atomic E-state index is -0.0707. The second-order valence-electron chi connectivity index (χ2n) is 3.71. The molecule has 1 nitrogen and oxygen atoms in total. The Balaban J connectivity index is 2.49. The third-order valence-electron chi connectivity index (χ3n) is 2.61. The fraction of sp³-hybridized carbons (Fsp3) is 0.800. The number of allylic oxidation sites excluding steroid dienone is 2. The molecule has 0 heterocycles. The van der Waals surface area contributed by atoms with Gasteiger partial charge in [0.25, 0.3) is 0 Å². The van der Waals surface area contributed by atoms with E-state index in [-0.39, 0.29) is 6.10 Å². The molecule has 0 aliphatic heterocycles. The highest BCUT2D eigenvalue weighted by molar-refractivity contribution is 4.99. The molecular formula is C10H18O. The largest absolute Gasteiger partial charge is 0.393 e. The van der Waals surface area contributed by atoms with Crippen LogP contribution in [0.3, 0.4) is 0 Å². The molecule has 0 saturated heterocycles. The first-order valence-corrected chi connectivity index (χ1v) is 4.54. The van der Waals surface area contributed by atoms with Crippen molar-refractivity contribution in [3.05, 3.63) is 11.6 Å². The highest BCUT2D eigenvalue weighted by atomic mass is 16.3. The van der Waals surface area contributed by atoms with Gasteiger partial charge in [-0.2, -0.15) is 0 Å². The van der Waals surface area contributed by atoms with E-state index >= 15 is 0 Å². The molecule has 1 aliphatic carbocycles. The van der Waals surface area contributed by atoms with E-state index in [1.54, 1.807) is 0 Å². The molecule has 1 aliphatic rings. The lowest BCUT2D eigenvalue weighted by Crippen LogP contribution is -2.18. The summed E-state index contributed by atoms with van der Waals surface area (Å²) in [6, 6.07) is 0. The summed E-state index contributed by atoms with van der Waals surface area (Å²) in [7, 11) is 0. The number of aliphatic hydroxyl groups is 1. The Bertz CT molecular complexity index is 149. The van der Waals surface area contributed by atoms with Gasteiger partial charge in [0.15, 0.2) is 0 Å². The molecule has 64 valence electrons. The number of aliphatic hydroxyl groups excluding tert-OH is 1. The fourth-order valence-corrected chi connectivity index (χ4v) is 1.55. The molecular weight excluding hydrogens is 136 g/mol. The molecule has 0 aromatic carbocycles. The van der Waals surface area contributed by atoms with Gasteiger partial charge < -0.3 is 5.11 Å². The zero-order valence-corrected chi connectivity index (χ0v) is 7.51. The zero-order chi connectivity index (χ0) is 8.27. The Hall–Kier alpha value is -0.300. The third-order valence-corrected chi connectivity index (χ3v) is 2.61. The van der Waals surface area contributed by atoms with Crippen molar-refractivity contribution in [2.45, 2.75) is 45.6 Å². The predicted molar refractivity (Wildman–Crippen MR) is 47.4 cm³/mol. The van der Waals surface area contributed by atoms with Crippen LogP contribution >= 0.6 is 0 Å². The first kappa shape index (κ1) is 8.79. The Labute approximate surface area is 69.1 Å². The number of rotatable bonds is 0. The van der Waals surface area contributed by atoms with Crippen molar-refractivity contribution in [3.8, 4) is 0 Å². The van der Waals surface area contributed by atoms with Gasteiger partial charge in [0, 0.05) is 0 Å². The Morgan fingerprint density at radius 2 is 2.18 bits per heavy atom. The maximum atomic E-state index is 9.57. The summed E-state index contributed by atoms with van der Waals surface area (Å²) in [5, 5.41) is 9.57. The molecule has 0 spiro atoms. The summed E-state index contributed by atoms with van der Waals surface area (Å²) in [5.74, 6) is 0.486. The van der Waals surface area contributed by atoms with Gasteiger partial charge in [-0.25, -0.2) is 0 Å². The van der Waals surface area contributed by atoms with Crippen LogP contribution in [-0.4, -0.2) is 11.2 Å². The van der Waals surface area contributed by atoms with Gasteiger partial charge in [0.2, 0.25) is 0 Å². The van der Waals surface area contributed by atoms with E-state index in [1.807, 2.05) is 0 Å². The summed E-state index contributed by atoms with van der Waals surface area (Å²) >= 11 is 0. The van der Waals surface area contributed by atoms with Crippen LogP contribution in [0.2, 0.25) is 0 Å². The van der Waals surface area contributed by atoms with Gasteiger partial charge in [-0.05, 0) is 38.5 Å². The lowest BCUT2D eigenvalue weighted by molar-refractivity contribution is 0.102. The first-order chi connectivity index (χ1) is 5.20. The normalized spacial score (nSPS) is 38.6. The molecule has 0 radical (unpaired) electrons. The van der Waals surface area contributed by atoms with Crippen LogP contribution in [0.4, 0.5) is 0 Å². The smallest absolute Gasteiger partial charge is 0.0568 e. The van der Waals surface area contributed by atoms with Crippen LogP contribution in [0.25, 0.3) is 0 Å². The molecule has 1 N–H and O–H groups in total. The van der Waals surface area contributed by atoms with Gasteiger partial charge in [-0.1, -0.05) is 18.6 Å². The molecule has 0 saturated carbocycles. The van der Waals surface area contributed by atoms with E-state index in [0.717, 1.165) is 25.7 Å². The molecule has 1 heteroatoms. The van der Waals surface area contributed by atoms with Crippen molar-refractivity contribution >= 4 is 0 Å². The van der Waals surface area contributed by atoms with Crippen molar-refractivity contribution in [1.29, 1.82) is 0 Å². The van der Waals surface area contributed by atoms with E-state index in [0.29, 0.717) is 5.92 Å². The fourth-order valence-electron chi connectivity index (χ4n) is 1.55. The van der Waals surface area contributed by atoms with Crippen LogP contribution < -0.4 is 0 Å². The van der Waals surface area contributed by atoms with E-state index in [4.69, 9.17) is 0 Å². The summed E-state index contributed by atoms with van der Waals surface area (Å²) in [5.41, 5.74) is 1.44. The second-order valence-corrected chi connectivity index (χ2v) is 3.71. The quantitative estimate of drug-likeness (QED) is 0.531.